The zero-order chi connectivity index (χ0) is 13.2. The number of benzene rings is 2. The van der Waals surface area contributed by atoms with Gasteiger partial charge < -0.3 is 0 Å². The van der Waals surface area contributed by atoms with Crippen LogP contribution in [0.2, 0.25) is 5.02 Å². The first-order valence-electron chi connectivity index (χ1n) is 5.84. The van der Waals surface area contributed by atoms with Crippen molar-refractivity contribution in [2.24, 2.45) is 0 Å². The minimum Gasteiger partial charge on any atom is -0.248 e. The lowest BCUT2D eigenvalue weighted by Crippen LogP contribution is -1.89. The predicted molar refractivity (Wildman–Crippen MR) is 76.9 cm³/mol. The van der Waals surface area contributed by atoms with Gasteiger partial charge in [0.25, 0.3) is 0 Å². The van der Waals surface area contributed by atoms with Gasteiger partial charge >= 0.3 is 0 Å². The number of halogens is 1. The Morgan fingerprint density at radius 1 is 1.00 bits per heavy atom. The van der Waals surface area contributed by atoms with Crippen LogP contribution in [0.15, 0.2) is 54.6 Å². The van der Waals surface area contributed by atoms with Crippen LogP contribution in [-0.2, 0) is 0 Å². The van der Waals surface area contributed by atoms with Crippen LogP contribution in [0.5, 0.6) is 0 Å². The van der Waals surface area contributed by atoms with E-state index in [1.165, 1.54) is 0 Å². The van der Waals surface area contributed by atoms with Gasteiger partial charge in [-0.2, -0.15) is 5.26 Å². The number of hydrogen-bond donors (Lipinski definition) is 0. The Kier molecular flexibility index (Phi) is 2.91. The Morgan fingerprint density at radius 3 is 2.53 bits per heavy atom. The van der Waals surface area contributed by atoms with Gasteiger partial charge in [-0.1, -0.05) is 41.9 Å². The number of aromatic nitrogens is 1. The summed E-state index contributed by atoms with van der Waals surface area (Å²) in [5, 5.41) is 10.7. The quantitative estimate of drug-likeness (QED) is 0.652. The Hall–Kier alpha value is -2.37. The fourth-order valence-electron chi connectivity index (χ4n) is 2.05. The van der Waals surface area contributed by atoms with Gasteiger partial charge in [-0.3, -0.25) is 0 Å². The summed E-state index contributed by atoms with van der Waals surface area (Å²) in [5.74, 6) is 0. The molecule has 1 aromatic heterocycles. The maximum Gasteiger partial charge on any atom is 0.0999 e. The van der Waals surface area contributed by atoms with Crippen molar-refractivity contribution < 1.29 is 0 Å². The van der Waals surface area contributed by atoms with Crippen LogP contribution >= 0.6 is 11.6 Å². The van der Waals surface area contributed by atoms with Crippen molar-refractivity contribution in [3.8, 4) is 17.3 Å². The van der Waals surface area contributed by atoms with E-state index in [0.717, 1.165) is 22.2 Å². The SMILES string of the molecule is N#Cc1cc(-c2ccccc2)nc2ccc(Cl)cc12. The van der Waals surface area contributed by atoms with Gasteiger partial charge in [0.1, 0.15) is 0 Å². The number of hydrogen-bond acceptors (Lipinski definition) is 2. The molecule has 19 heavy (non-hydrogen) atoms. The number of nitriles is 1. The molecular formula is C16H9ClN2. The molecule has 0 unspecified atom stereocenters. The summed E-state index contributed by atoms with van der Waals surface area (Å²) in [6.07, 6.45) is 0. The highest BCUT2D eigenvalue weighted by Crippen LogP contribution is 2.26. The summed E-state index contributed by atoms with van der Waals surface area (Å²) in [6.45, 7) is 0. The molecule has 0 spiro atoms. The van der Waals surface area contributed by atoms with E-state index in [4.69, 9.17) is 11.6 Å². The average Bonchev–Trinajstić information content (AvgIpc) is 2.47. The smallest absolute Gasteiger partial charge is 0.0999 e. The molecule has 0 saturated carbocycles. The fraction of sp³-hybridized carbons (Fsp3) is 0. The molecule has 3 heteroatoms. The first kappa shape index (κ1) is 11.7. The summed E-state index contributed by atoms with van der Waals surface area (Å²) >= 11 is 5.97. The van der Waals surface area contributed by atoms with E-state index < -0.39 is 0 Å². The molecule has 1 heterocycles. The largest absolute Gasteiger partial charge is 0.248 e. The Bertz CT molecular complexity index is 789. The zero-order valence-electron chi connectivity index (χ0n) is 9.97. The topological polar surface area (TPSA) is 36.7 Å². The Balaban J connectivity index is 2.30. The lowest BCUT2D eigenvalue weighted by molar-refractivity contribution is 1.38. The zero-order valence-corrected chi connectivity index (χ0v) is 10.7. The van der Waals surface area contributed by atoms with Gasteiger partial charge in [-0.25, -0.2) is 4.98 Å². The van der Waals surface area contributed by atoms with Gasteiger partial charge in [-0.05, 0) is 24.3 Å². The van der Waals surface area contributed by atoms with Crippen molar-refractivity contribution in [3.63, 3.8) is 0 Å². The predicted octanol–water partition coefficient (Wildman–Crippen LogP) is 4.43. The molecular weight excluding hydrogens is 256 g/mol. The molecule has 0 amide bonds. The Morgan fingerprint density at radius 2 is 1.79 bits per heavy atom. The molecule has 2 nitrogen and oxygen atoms in total. The normalized spacial score (nSPS) is 10.3. The van der Waals surface area contributed by atoms with Crippen molar-refractivity contribution in [2.45, 2.75) is 0 Å². The van der Waals surface area contributed by atoms with E-state index >= 15 is 0 Å². The van der Waals surface area contributed by atoms with E-state index in [1.807, 2.05) is 36.4 Å². The highest BCUT2D eigenvalue weighted by atomic mass is 35.5. The van der Waals surface area contributed by atoms with Crippen LogP contribution in [0.3, 0.4) is 0 Å². The molecule has 0 aliphatic rings. The Labute approximate surface area is 115 Å². The third kappa shape index (κ3) is 2.16. The standard InChI is InChI=1S/C16H9ClN2/c17-13-6-7-15-14(9-13)12(10-18)8-16(19-15)11-4-2-1-3-5-11/h1-9H. The van der Waals surface area contributed by atoms with Crippen molar-refractivity contribution in [3.05, 3.63) is 65.2 Å². The molecule has 0 fully saturated rings. The molecule has 3 aromatic rings. The average molecular weight is 265 g/mol. The van der Waals surface area contributed by atoms with Crippen molar-refractivity contribution in [1.29, 1.82) is 5.26 Å². The van der Waals surface area contributed by atoms with Crippen LogP contribution < -0.4 is 0 Å². The van der Waals surface area contributed by atoms with Gasteiger partial charge in [0, 0.05) is 16.0 Å². The van der Waals surface area contributed by atoms with Crippen LogP contribution in [0.4, 0.5) is 0 Å². The van der Waals surface area contributed by atoms with Crippen LogP contribution in [0.25, 0.3) is 22.2 Å². The summed E-state index contributed by atoms with van der Waals surface area (Å²) in [7, 11) is 0. The van der Waals surface area contributed by atoms with Crippen molar-refractivity contribution >= 4 is 22.5 Å². The first-order chi connectivity index (χ1) is 9.28. The summed E-state index contributed by atoms with van der Waals surface area (Å²) < 4.78 is 0. The first-order valence-corrected chi connectivity index (χ1v) is 6.21. The summed E-state index contributed by atoms with van der Waals surface area (Å²) in [6, 6.07) is 19.2. The van der Waals surface area contributed by atoms with Gasteiger partial charge in [-0.15, -0.1) is 0 Å². The second kappa shape index (κ2) is 4.72. The molecule has 3 rings (SSSR count). The lowest BCUT2D eigenvalue weighted by Gasteiger charge is -2.05. The molecule has 2 aromatic carbocycles. The molecule has 90 valence electrons. The molecule has 0 saturated heterocycles. The van der Waals surface area contributed by atoms with Gasteiger partial charge in [0.15, 0.2) is 0 Å². The highest BCUT2D eigenvalue weighted by molar-refractivity contribution is 6.31. The monoisotopic (exact) mass is 264 g/mol. The number of nitrogens with zero attached hydrogens (tertiary/aromatic N) is 2. The molecule has 0 atom stereocenters. The van der Waals surface area contributed by atoms with Crippen molar-refractivity contribution in [2.75, 3.05) is 0 Å². The number of rotatable bonds is 1. The van der Waals surface area contributed by atoms with Crippen LogP contribution in [0, 0.1) is 11.3 Å². The molecule has 0 aliphatic carbocycles. The second-order valence-electron chi connectivity index (χ2n) is 4.19. The molecule has 0 radical (unpaired) electrons. The molecule has 0 bridgehead atoms. The second-order valence-corrected chi connectivity index (χ2v) is 4.63. The minimum atomic E-state index is 0.589. The highest BCUT2D eigenvalue weighted by Gasteiger charge is 2.07. The van der Waals surface area contributed by atoms with Crippen LogP contribution in [-0.4, -0.2) is 4.98 Å². The maximum atomic E-state index is 9.28. The van der Waals surface area contributed by atoms with E-state index in [-0.39, 0.29) is 0 Å². The molecule has 0 N–H and O–H groups in total. The lowest BCUT2D eigenvalue weighted by atomic mass is 10.1. The number of fused-ring (bicyclic) bond motifs is 1. The van der Waals surface area contributed by atoms with E-state index in [0.29, 0.717) is 10.6 Å². The minimum absolute atomic E-state index is 0.589. The third-order valence-corrected chi connectivity index (χ3v) is 3.20. The van der Waals surface area contributed by atoms with Crippen LogP contribution in [0.1, 0.15) is 5.56 Å². The van der Waals surface area contributed by atoms with Crippen molar-refractivity contribution in [1.82, 2.24) is 4.98 Å². The molecule has 0 aliphatic heterocycles. The van der Waals surface area contributed by atoms with E-state index in [9.17, 15) is 5.26 Å². The van der Waals surface area contributed by atoms with Gasteiger partial charge in [0.2, 0.25) is 0 Å². The third-order valence-electron chi connectivity index (χ3n) is 2.96. The van der Waals surface area contributed by atoms with Gasteiger partial charge in [0.05, 0.1) is 22.8 Å². The van der Waals surface area contributed by atoms with E-state index in [2.05, 4.69) is 11.1 Å². The fourth-order valence-corrected chi connectivity index (χ4v) is 2.22. The number of pyridine rings is 1. The maximum absolute atomic E-state index is 9.28. The summed E-state index contributed by atoms with van der Waals surface area (Å²) in [4.78, 5) is 4.59. The summed E-state index contributed by atoms with van der Waals surface area (Å²) in [5.41, 5.74) is 3.16. The van der Waals surface area contributed by atoms with E-state index in [1.54, 1.807) is 18.2 Å².